The molecular formula is C34H40N4O5S. The zero-order valence-electron chi connectivity index (χ0n) is 25.4. The smallest absolute Gasteiger partial charge is 0.409 e. The van der Waals surface area contributed by atoms with Gasteiger partial charge in [0.2, 0.25) is 5.91 Å². The number of carbonyl (C=O) groups excluding carboxylic acids is 2. The Hall–Kier alpha value is -4.02. The quantitative estimate of drug-likeness (QED) is 0.196. The number of unbranched alkanes of at least 4 members (excludes halogenated alkanes) is 1. The highest BCUT2D eigenvalue weighted by atomic mass is 32.1. The van der Waals surface area contributed by atoms with Crippen molar-refractivity contribution in [3.8, 4) is 5.75 Å². The van der Waals surface area contributed by atoms with Gasteiger partial charge in [-0.05, 0) is 66.7 Å². The van der Waals surface area contributed by atoms with Crippen LogP contribution in [0.2, 0.25) is 0 Å². The number of ether oxygens (including phenoxy) is 2. The maximum atomic E-state index is 13.1. The Bertz CT molecular complexity index is 1580. The molecular weight excluding hydrogens is 576 g/mol. The van der Waals surface area contributed by atoms with E-state index in [1.54, 1.807) is 29.7 Å². The molecule has 6 rings (SSSR count). The van der Waals surface area contributed by atoms with Crippen molar-refractivity contribution in [2.24, 2.45) is 0 Å². The minimum atomic E-state index is -0.616. The zero-order valence-corrected chi connectivity index (χ0v) is 26.2. The number of carbonyl (C=O) groups is 2. The molecule has 0 saturated carbocycles. The molecule has 0 unspecified atom stereocenters. The molecule has 2 aromatic heterocycles. The molecule has 1 fully saturated rings. The fraction of sp³-hybridized carbons (Fsp3) is 0.412. The summed E-state index contributed by atoms with van der Waals surface area (Å²) in [5.41, 5.74) is 2.77. The lowest BCUT2D eigenvalue weighted by Gasteiger charge is -2.38. The number of alkyl carbamates (subject to hydrolysis) is 1. The normalized spacial score (nSPS) is 16.6. The van der Waals surface area contributed by atoms with Gasteiger partial charge >= 0.3 is 6.09 Å². The second kappa shape index (κ2) is 13.3. The molecule has 2 aromatic carbocycles. The molecule has 9 nitrogen and oxygen atoms in total. The zero-order chi connectivity index (χ0) is 30.5. The fourth-order valence-electron chi connectivity index (χ4n) is 6.08. The van der Waals surface area contributed by atoms with Crippen LogP contribution in [-0.2, 0) is 21.5 Å². The highest BCUT2D eigenvalue weighted by molar-refractivity contribution is 7.17. The van der Waals surface area contributed by atoms with Crippen LogP contribution in [0.1, 0.15) is 44.4 Å². The van der Waals surface area contributed by atoms with Crippen molar-refractivity contribution < 1.29 is 23.5 Å². The average molecular weight is 617 g/mol. The molecule has 0 bridgehead atoms. The molecule has 232 valence electrons. The number of amides is 2. The van der Waals surface area contributed by atoms with Crippen molar-refractivity contribution in [1.29, 1.82) is 0 Å². The number of fused-ring (bicyclic) bond motifs is 2. The first kappa shape index (κ1) is 30.0. The Morgan fingerprint density at radius 2 is 1.89 bits per heavy atom. The standard InChI is InChI=1S/C34H40N4O5S/c1-34(2)22-32(39)38(24-43-33(40)35-23-26-7-6-19-42-26)30-21-25(10-11-28(30)34)41-18-4-3-13-36-14-16-37(17-15-36)29-8-5-9-31-27(29)12-20-44-31/h5-12,19-21H,3-4,13-18,22-24H2,1-2H3,(H,35,40). The summed E-state index contributed by atoms with van der Waals surface area (Å²) in [7, 11) is 0. The lowest BCUT2D eigenvalue weighted by atomic mass is 9.77. The van der Waals surface area contributed by atoms with Crippen LogP contribution < -0.4 is 19.9 Å². The summed E-state index contributed by atoms with van der Waals surface area (Å²) < 4.78 is 18.1. The number of nitrogens with zero attached hydrogens (tertiary/aromatic N) is 3. The van der Waals surface area contributed by atoms with Gasteiger partial charge in [-0.15, -0.1) is 11.3 Å². The number of rotatable bonds is 11. The van der Waals surface area contributed by atoms with E-state index >= 15 is 0 Å². The van der Waals surface area contributed by atoms with Crippen molar-refractivity contribution in [2.75, 3.05) is 55.9 Å². The van der Waals surface area contributed by atoms with Gasteiger partial charge in [-0.3, -0.25) is 14.6 Å². The van der Waals surface area contributed by atoms with Crippen molar-refractivity contribution in [2.45, 2.75) is 45.1 Å². The second-order valence-electron chi connectivity index (χ2n) is 12.0. The maximum Gasteiger partial charge on any atom is 0.409 e. The van der Waals surface area contributed by atoms with Crippen LogP contribution in [0.5, 0.6) is 5.75 Å². The molecule has 0 atom stereocenters. The first-order chi connectivity index (χ1) is 21.4. The van der Waals surface area contributed by atoms with Gasteiger partial charge in [0.05, 0.1) is 25.1 Å². The molecule has 44 heavy (non-hydrogen) atoms. The van der Waals surface area contributed by atoms with E-state index in [1.165, 1.54) is 20.7 Å². The molecule has 1 saturated heterocycles. The van der Waals surface area contributed by atoms with E-state index in [-0.39, 0.29) is 24.6 Å². The van der Waals surface area contributed by atoms with Crippen molar-refractivity contribution in [3.63, 3.8) is 0 Å². The highest BCUT2D eigenvalue weighted by Gasteiger charge is 2.37. The van der Waals surface area contributed by atoms with Crippen molar-refractivity contribution in [1.82, 2.24) is 10.2 Å². The van der Waals surface area contributed by atoms with E-state index in [0.29, 0.717) is 24.5 Å². The lowest BCUT2D eigenvalue weighted by Crippen LogP contribution is -2.46. The van der Waals surface area contributed by atoms with Crippen molar-refractivity contribution >= 4 is 44.8 Å². The van der Waals surface area contributed by atoms with E-state index in [1.807, 2.05) is 18.2 Å². The van der Waals surface area contributed by atoms with E-state index in [0.717, 1.165) is 56.8 Å². The van der Waals surface area contributed by atoms with Crippen molar-refractivity contribution in [3.05, 3.63) is 77.6 Å². The summed E-state index contributed by atoms with van der Waals surface area (Å²) in [6, 6.07) is 18.2. The monoisotopic (exact) mass is 616 g/mol. The number of thiophene rings is 1. The summed E-state index contributed by atoms with van der Waals surface area (Å²) in [6.07, 6.45) is 3.26. The molecule has 2 aliphatic rings. The van der Waals surface area contributed by atoms with Crippen LogP contribution in [-0.4, -0.2) is 63.0 Å². The van der Waals surface area contributed by atoms with E-state index in [2.05, 4.69) is 58.6 Å². The molecule has 2 amide bonds. The number of hydrogen-bond donors (Lipinski definition) is 1. The number of hydrogen-bond acceptors (Lipinski definition) is 8. The first-order valence-corrected chi connectivity index (χ1v) is 16.2. The van der Waals surface area contributed by atoms with Gasteiger partial charge in [0.1, 0.15) is 11.5 Å². The molecule has 0 spiro atoms. The molecule has 10 heteroatoms. The fourth-order valence-corrected chi connectivity index (χ4v) is 6.89. The summed E-state index contributed by atoms with van der Waals surface area (Å²) in [5, 5.41) is 6.18. The third-order valence-electron chi connectivity index (χ3n) is 8.52. The topological polar surface area (TPSA) is 87.5 Å². The average Bonchev–Trinajstić information content (AvgIpc) is 3.72. The minimum Gasteiger partial charge on any atom is -0.494 e. The predicted molar refractivity (Wildman–Crippen MR) is 174 cm³/mol. The van der Waals surface area contributed by atoms with Crippen LogP contribution in [0.25, 0.3) is 10.1 Å². The van der Waals surface area contributed by atoms with Gasteiger partial charge in [0.15, 0.2) is 6.73 Å². The van der Waals surface area contributed by atoms with Crippen LogP contribution in [0, 0.1) is 0 Å². The summed E-state index contributed by atoms with van der Waals surface area (Å²) in [4.78, 5) is 32.0. The number of piperazine rings is 1. The maximum absolute atomic E-state index is 13.1. The number of nitrogens with one attached hydrogen (secondary N) is 1. The van der Waals surface area contributed by atoms with E-state index in [4.69, 9.17) is 13.9 Å². The third-order valence-corrected chi connectivity index (χ3v) is 9.40. The largest absolute Gasteiger partial charge is 0.494 e. The Balaban J connectivity index is 0.969. The van der Waals surface area contributed by atoms with Crippen LogP contribution in [0.4, 0.5) is 16.2 Å². The SMILES string of the molecule is CC1(C)CC(=O)N(COC(=O)NCc2ccco2)c2cc(OCCCCN3CCN(c4cccc5sccc45)CC3)ccc21. The van der Waals surface area contributed by atoms with E-state index < -0.39 is 6.09 Å². The highest BCUT2D eigenvalue weighted by Crippen LogP contribution is 2.42. The minimum absolute atomic E-state index is 0.0921. The summed E-state index contributed by atoms with van der Waals surface area (Å²) in [5.74, 6) is 1.23. The number of benzene rings is 2. The summed E-state index contributed by atoms with van der Waals surface area (Å²) in [6.45, 7) is 10.0. The summed E-state index contributed by atoms with van der Waals surface area (Å²) >= 11 is 1.80. The first-order valence-electron chi connectivity index (χ1n) is 15.3. The second-order valence-corrected chi connectivity index (χ2v) is 13.0. The van der Waals surface area contributed by atoms with E-state index in [9.17, 15) is 9.59 Å². The Labute approximate surface area is 262 Å². The lowest BCUT2D eigenvalue weighted by molar-refractivity contribution is -0.120. The van der Waals surface area contributed by atoms with Gasteiger partial charge in [0, 0.05) is 59.9 Å². The van der Waals surface area contributed by atoms with Crippen LogP contribution in [0.15, 0.2) is 70.7 Å². The van der Waals surface area contributed by atoms with Crippen LogP contribution in [0.3, 0.4) is 0 Å². The van der Waals surface area contributed by atoms with Gasteiger partial charge in [0.25, 0.3) is 0 Å². The Morgan fingerprint density at radius 3 is 2.70 bits per heavy atom. The van der Waals surface area contributed by atoms with Gasteiger partial charge in [-0.1, -0.05) is 26.0 Å². The Kier molecular flexibility index (Phi) is 9.09. The predicted octanol–water partition coefficient (Wildman–Crippen LogP) is 6.37. The third kappa shape index (κ3) is 6.87. The molecule has 4 aromatic rings. The van der Waals surface area contributed by atoms with Gasteiger partial charge in [-0.2, -0.15) is 0 Å². The van der Waals surface area contributed by atoms with Crippen LogP contribution >= 0.6 is 11.3 Å². The van der Waals surface area contributed by atoms with Gasteiger partial charge in [-0.25, -0.2) is 4.79 Å². The molecule has 4 heterocycles. The number of anilines is 2. The Morgan fingerprint density at radius 1 is 1.02 bits per heavy atom. The number of furan rings is 1. The molecule has 0 radical (unpaired) electrons. The molecule has 1 N–H and O–H groups in total. The van der Waals surface area contributed by atoms with Gasteiger partial charge < -0.3 is 24.1 Å². The molecule has 0 aliphatic carbocycles. The molecule has 2 aliphatic heterocycles.